The molecule has 0 unspecified atom stereocenters. The zero-order chi connectivity index (χ0) is 24.1. The van der Waals surface area contributed by atoms with Crippen molar-refractivity contribution < 1.29 is 19.1 Å². The number of tetrazole rings is 1. The molecule has 0 bridgehead atoms. The fourth-order valence-electron chi connectivity index (χ4n) is 3.74. The Morgan fingerprint density at radius 1 is 1.09 bits per heavy atom. The number of esters is 1. The number of anilines is 1. The van der Waals surface area contributed by atoms with Crippen LogP contribution in [0, 0.1) is 13.8 Å². The maximum absolute atomic E-state index is 12.5. The van der Waals surface area contributed by atoms with Gasteiger partial charge in [-0.05, 0) is 46.8 Å². The maximum atomic E-state index is 12.5. The second-order valence-corrected chi connectivity index (χ2v) is 8.85. The molecule has 1 N–H and O–H groups in total. The summed E-state index contributed by atoms with van der Waals surface area (Å²) in [6.07, 6.45) is 1.38. The van der Waals surface area contributed by atoms with Gasteiger partial charge in [0.05, 0.1) is 12.2 Å². The number of hydrogen-bond donors (Lipinski definition) is 1. The number of carbonyl (C=O) groups excluding carboxylic acids is 3. The van der Waals surface area contributed by atoms with Gasteiger partial charge in [0.2, 0.25) is 5.91 Å². The lowest BCUT2D eigenvalue weighted by atomic mass is 10.1. The van der Waals surface area contributed by atoms with E-state index in [4.69, 9.17) is 4.74 Å². The third-order valence-corrected chi connectivity index (χ3v) is 6.47. The van der Waals surface area contributed by atoms with E-state index >= 15 is 0 Å². The monoisotopic (exact) mass is 483 g/mol. The van der Waals surface area contributed by atoms with Crippen LogP contribution in [0.4, 0.5) is 5.69 Å². The number of ether oxygens (including phenoxy) is 1. The summed E-state index contributed by atoms with van der Waals surface area (Å²) in [4.78, 5) is 41.5. The molecule has 0 saturated carbocycles. The molecular formula is C22H25N7O4S. The molecule has 12 heteroatoms. The Kier molecular flexibility index (Phi) is 7.28. The SMILES string of the molecule is Cc1cccc(C)c1NC(=O)CN1CCN(C(=O)COC(=O)c2sccc2-n2cnnn2)CC1. The van der Waals surface area contributed by atoms with Crippen LogP contribution in [0.1, 0.15) is 20.8 Å². The van der Waals surface area contributed by atoms with E-state index in [1.165, 1.54) is 22.3 Å². The Bertz CT molecular complexity index is 1150. The summed E-state index contributed by atoms with van der Waals surface area (Å²) in [5, 5.41) is 15.6. The minimum Gasteiger partial charge on any atom is -0.451 e. The number of aryl methyl sites for hydroxylation is 2. The number of amides is 2. The van der Waals surface area contributed by atoms with E-state index in [2.05, 4.69) is 20.8 Å². The third-order valence-electron chi connectivity index (χ3n) is 5.59. The van der Waals surface area contributed by atoms with Crippen molar-refractivity contribution in [3.63, 3.8) is 0 Å². The van der Waals surface area contributed by atoms with E-state index in [-0.39, 0.29) is 25.0 Å². The molecule has 0 spiro atoms. The molecule has 1 fully saturated rings. The highest BCUT2D eigenvalue weighted by Gasteiger charge is 2.25. The van der Waals surface area contributed by atoms with Gasteiger partial charge in [-0.3, -0.25) is 14.5 Å². The fourth-order valence-corrected chi connectivity index (χ4v) is 4.51. The standard InChI is InChI=1S/C22H25N7O4S/c1-15-4-3-5-16(2)20(15)24-18(30)12-27-7-9-28(10-8-27)19(31)13-33-22(32)21-17(6-11-34-21)29-14-23-25-26-29/h3-6,11,14H,7-10,12-13H2,1-2H3,(H,24,30). The van der Waals surface area contributed by atoms with E-state index in [9.17, 15) is 14.4 Å². The van der Waals surface area contributed by atoms with Crippen LogP contribution in [-0.4, -0.2) is 87.1 Å². The van der Waals surface area contributed by atoms with Crippen LogP contribution in [0.5, 0.6) is 0 Å². The zero-order valence-corrected chi connectivity index (χ0v) is 19.7. The molecule has 2 amide bonds. The molecule has 11 nitrogen and oxygen atoms in total. The van der Waals surface area contributed by atoms with Crippen LogP contribution >= 0.6 is 11.3 Å². The molecule has 1 saturated heterocycles. The summed E-state index contributed by atoms with van der Waals surface area (Å²) < 4.78 is 6.61. The fraction of sp³-hybridized carbons (Fsp3) is 0.364. The molecule has 0 radical (unpaired) electrons. The van der Waals surface area contributed by atoms with Crippen LogP contribution < -0.4 is 5.32 Å². The van der Waals surface area contributed by atoms with Crippen molar-refractivity contribution in [3.05, 3.63) is 52.0 Å². The van der Waals surface area contributed by atoms with Crippen LogP contribution in [0.25, 0.3) is 5.69 Å². The Labute approximate surface area is 200 Å². The largest absolute Gasteiger partial charge is 0.451 e. The Morgan fingerprint density at radius 3 is 2.50 bits per heavy atom. The predicted octanol–water partition coefficient (Wildman–Crippen LogP) is 1.28. The van der Waals surface area contributed by atoms with Gasteiger partial charge in [0.1, 0.15) is 11.2 Å². The molecule has 4 rings (SSSR count). The molecule has 3 heterocycles. The zero-order valence-electron chi connectivity index (χ0n) is 18.9. The minimum atomic E-state index is -0.601. The normalized spacial score (nSPS) is 14.1. The predicted molar refractivity (Wildman–Crippen MR) is 125 cm³/mol. The van der Waals surface area contributed by atoms with Crippen molar-refractivity contribution in [1.29, 1.82) is 0 Å². The number of para-hydroxylation sites is 1. The number of benzene rings is 1. The quantitative estimate of drug-likeness (QED) is 0.499. The maximum Gasteiger partial charge on any atom is 0.351 e. The summed E-state index contributed by atoms with van der Waals surface area (Å²) in [5.74, 6) is -0.954. The first kappa shape index (κ1) is 23.5. The first-order valence-electron chi connectivity index (χ1n) is 10.8. The molecule has 3 aromatic rings. The highest BCUT2D eigenvalue weighted by Crippen LogP contribution is 2.21. The van der Waals surface area contributed by atoms with E-state index in [1.807, 2.05) is 36.9 Å². The van der Waals surface area contributed by atoms with Crippen LogP contribution in [0.2, 0.25) is 0 Å². The molecule has 178 valence electrons. The summed E-state index contributed by atoms with van der Waals surface area (Å²) in [7, 11) is 0. The van der Waals surface area contributed by atoms with Crippen molar-refractivity contribution >= 4 is 34.8 Å². The van der Waals surface area contributed by atoms with Gasteiger partial charge in [0.15, 0.2) is 6.61 Å². The molecule has 1 aliphatic rings. The van der Waals surface area contributed by atoms with Crippen LogP contribution in [0.15, 0.2) is 36.0 Å². The summed E-state index contributed by atoms with van der Waals surface area (Å²) in [5.41, 5.74) is 3.38. The summed E-state index contributed by atoms with van der Waals surface area (Å²) in [6.45, 7) is 5.88. The van der Waals surface area contributed by atoms with Crippen molar-refractivity contribution in [2.45, 2.75) is 13.8 Å². The van der Waals surface area contributed by atoms with E-state index in [0.717, 1.165) is 16.8 Å². The number of aromatic nitrogens is 4. The average molecular weight is 484 g/mol. The number of carbonyl (C=O) groups is 3. The van der Waals surface area contributed by atoms with Gasteiger partial charge in [-0.25, -0.2) is 4.79 Å². The molecule has 1 aromatic carbocycles. The summed E-state index contributed by atoms with van der Waals surface area (Å²) >= 11 is 1.19. The Morgan fingerprint density at radius 2 is 1.82 bits per heavy atom. The first-order valence-corrected chi connectivity index (χ1v) is 11.6. The lowest BCUT2D eigenvalue weighted by Gasteiger charge is -2.34. The number of rotatable bonds is 7. The molecular weight excluding hydrogens is 458 g/mol. The lowest BCUT2D eigenvalue weighted by Crippen LogP contribution is -2.51. The molecule has 1 aliphatic heterocycles. The van der Waals surface area contributed by atoms with Crippen molar-refractivity contribution in [3.8, 4) is 5.69 Å². The first-order chi connectivity index (χ1) is 16.4. The van der Waals surface area contributed by atoms with Gasteiger partial charge < -0.3 is 15.0 Å². The molecule has 0 atom stereocenters. The Balaban J connectivity index is 1.22. The lowest BCUT2D eigenvalue weighted by molar-refractivity contribution is -0.136. The molecule has 0 aliphatic carbocycles. The van der Waals surface area contributed by atoms with Gasteiger partial charge in [-0.2, -0.15) is 4.68 Å². The van der Waals surface area contributed by atoms with E-state index in [0.29, 0.717) is 36.7 Å². The number of nitrogens with zero attached hydrogens (tertiary/aromatic N) is 6. The number of piperazine rings is 1. The van der Waals surface area contributed by atoms with E-state index < -0.39 is 5.97 Å². The van der Waals surface area contributed by atoms with Gasteiger partial charge in [0, 0.05) is 31.9 Å². The van der Waals surface area contributed by atoms with Crippen LogP contribution in [0.3, 0.4) is 0 Å². The Hall–Kier alpha value is -3.64. The topological polar surface area (TPSA) is 123 Å². The minimum absolute atomic E-state index is 0.0829. The number of nitrogens with one attached hydrogen (secondary N) is 1. The number of hydrogen-bond acceptors (Lipinski definition) is 9. The molecule has 2 aromatic heterocycles. The number of thiophene rings is 1. The van der Waals surface area contributed by atoms with Crippen molar-refractivity contribution in [2.75, 3.05) is 44.6 Å². The second-order valence-electron chi connectivity index (χ2n) is 7.94. The van der Waals surface area contributed by atoms with Crippen LogP contribution in [-0.2, 0) is 14.3 Å². The molecule has 34 heavy (non-hydrogen) atoms. The van der Waals surface area contributed by atoms with Gasteiger partial charge >= 0.3 is 5.97 Å². The van der Waals surface area contributed by atoms with E-state index in [1.54, 1.807) is 16.3 Å². The summed E-state index contributed by atoms with van der Waals surface area (Å²) in [6, 6.07) is 7.59. The smallest absolute Gasteiger partial charge is 0.351 e. The second kappa shape index (κ2) is 10.5. The van der Waals surface area contributed by atoms with Gasteiger partial charge in [0.25, 0.3) is 5.91 Å². The van der Waals surface area contributed by atoms with Gasteiger partial charge in [-0.15, -0.1) is 16.4 Å². The highest BCUT2D eigenvalue weighted by molar-refractivity contribution is 7.12. The van der Waals surface area contributed by atoms with Crippen molar-refractivity contribution in [1.82, 2.24) is 30.0 Å². The van der Waals surface area contributed by atoms with Gasteiger partial charge in [-0.1, -0.05) is 18.2 Å². The van der Waals surface area contributed by atoms with Crippen molar-refractivity contribution in [2.24, 2.45) is 0 Å². The highest BCUT2D eigenvalue weighted by atomic mass is 32.1. The third kappa shape index (κ3) is 5.46. The average Bonchev–Trinajstić information content (AvgIpc) is 3.52.